The number of hydrogen-bond acceptors (Lipinski definition) is 4. The molecule has 106 valence electrons. The van der Waals surface area contributed by atoms with Gasteiger partial charge in [-0.2, -0.15) is 0 Å². The van der Waals surface area contributed by atoms with Gasteiger partial charge >= 0.3 is 0 Å². The molecule has 0 aliphatic carbocycles. The van der Waals surface area contributed by atoms with E-state index in [9.17, 15) is 0 Å². The lowest BCUT2D eigenvalue weighted by atomic mass is 9.73. The van der Waals surface area contributed by atoms with Crippen LogP contribution in [0.5, 0.6) is 0 Å². The molecule has 2 aliphatic rings. The van der Waals surface area contributed by atoms with Crippen LogP contribution in [0.3, 0.4) is 0 Å². The zero-order chi connectivity index (χ0) is 13.1. The van der Waals surface area contributed by atoms with Gasteiger partial charge in [-0.1, -0.05) is 0 Å². The third-order valence-electron chi connectivity index (χ3n) is 4.46. The lowest BCUT2D eigenvalue weighted by Gasteiger charge is -2.50. The molecule has 2 fully saturated rings. The van der Waals surface area contributed by atoms with Gasteiger partial charge in [-0.15, -0.1) is 0 Å². The van der Waals surface area contributed by atoms with E-state index in [1.54, 1.807) is 13.4 Å². The largest absolute Gasteiger partial charge is 0.468 e. The lowest BCUT2D eigenvalue weighted by Crippen LogP contribution is -2.56. The van der Waals surface area contributed by atoms with Crippen molar-refractivity contribution in [2.24, 2.45) is 5.41 Å². The monoisotopic (exact) mass is 265 g/mol. The van der Waals surface area contributed by atoms with Crippen LogP contribution < -0.4 is 0 Å². The highest BCUT2D eigenvalue weighted by Crippen LogP contribution is 2.40. The van der Waals surface area contributed by atoms with Crippen molar-refractivity contribution in [3.05, 3.63) is 24.2 Å². The topological polar surface area (TPSA) is 34.8 Å². The Balaban J connectivity index is 1.69. The van der Waals surface area contributed by atoms with E-state index < -0.39 is 0 Å². The van der Waals surface area contributed by atoms with E-state index in [2.05, 4.69) is 4.90 Å². The molecule has 1 aromatic heterocycles. The SMILES string of the molecule is COC[C@]12CCCO[C@H]1CCN(Cc1ccco1)C2. The Bertz CT molecular complexity index is 388. The van der Waals surface area contributed by atoms with Gasteiger partial charge in [0.05, 0.1) is 25.5 Å². The van der Waals surface area contributed by atoms with E-state index in [0.717, 1.165) is 51.4 Å². The van der Waals surface area contributed by atoms with Crippen molar-refractivity contribution in [1.29, 1.82) is 0 Å². The predicted octanol–water partition coefficient (Wildman–Crippen LogP) is 2.30. The summed E-state index contributed by atoms with van der Waals surface area (Å²) in [6.45, 7) is 4.73. The second kappa shape index (κ2) is 5.65. The zero-order valence-corrected chi connectivity index (χ0v) is 11.6. The van der Waals surface area contributed by atoms with Crippen molar-refractivity contribution >= 4 is 0 Å². The van der Waals surface area contributed by atoms with E-state index in [1.807, 2.05) is 12.1 Å². The molecule has 4 nitrogen and oxygen atoms in total. The van der Waals surface area contributed by atoms with Gasteiger partial charge in [-0.25, -0.2) is 0 Å². The summed E-state index contributed by atoms with van der Waals surface area (Å²) in [5.41, 5.74) is 0.178. The van der Waals surface area contributed by atoms with Crippen LogP contribution in [0.25, 0.3) is 0 Å². The molecular weight excluding hydrogens is 242 g/mol. The molecule has 1 aromatic rings. The summed E-state index contributed by atoms with van der Waals surface area (Å²) in [5, 5.41) is 0. The van der Waals surface area contributed by atoms with Gasteiger partial charge < -0.3 is 13.9 Å². The number of likely N-dealkylation sites (tertiary alicyclic amines) is 1. The molecule has 0 saturated carbocycles. The van der Waals surface area contributed by atoms with Crippen molar-refractivity contribution in [1.82, 2.24) is 4.90 Å². The van der Waals surface area contributed by atoms with E-state index in [-0.39, 0.29) is 5.41 Å². The van der Waals surface area contributed by atoms with Gasteiger partial charge in [0.2, 0.25) is 0 Å². The first kappa shape index (κ1) is 13.2. The zero-order valence-electron chi connectivity index (χ0n) is 11.6. The molecule has 2 atom stereocenters. The van der Waals surface area contributed by atoms with Crippen molar-refractivity contribution in [3.63, 3.8) is 0 Å². The summed E-state index contributed by atoms with van der Waals surface area (Å²) in [6.07, 6.45) is 5.57. The number of nitrogens with zero attached hydrogens (tertiary/aromatic N) is 1. The first-order valence-electron chi connectivity index (χ1n) is 7.18. The minimum atomic E-state index is 0.178. The Morgan fingerprint density at radius 2 is 2.47 bits per heavy atom. The van der Waals surface area contributed by atoms with Crippen molar-refractivity contribution in [2.75, 3.05) is 33.4 Å². The van der Waals surface area contributed by atoms with Crippen LogP contribution in [0.4, 0.5) is 0 Å². The number of furan rings is 1. The number of rotatable bonds is 4. The summed E-state index contributed by atoms with van der Waals surface area (Å²) >= 11 is 0. The van der Waals surface area contributed by atoms with Gasteiger partial charge in [-0.3, -0.25) is 4.90 Å². The predicted molar refractivity (Wildman–Crippen MR) is 71.9 cm³/mol. The van der Waals surface area contributed by atoms with Crippen LogP contribution in [0, 0.1) is 5.41 Å². The molecule has 0 spiro atoms. The fraction of sp³-hybridized carbons (Fsp3) is 0.733. The lowest BCUT2D eigenvalue weighted by molar-refractivity contribution is -0.149. The molecule has 3 rings (SSSR count). The van der Waals surface area contributed by atoms with Crippen LogP contribution in [0.2, 0.25) is 0 Å². The highest BCUT2D eigenvalue weighted by molar-refractivity contribution is 5.01. The Morgan fingerprint density at radius 1 is 1.53 bits per heavy atom. The molecule has 0 unspecified atom stereocenters. The summed E-state index contributed by atoms with van der Waals surface area (Å²) in [7, 11) is 1.80. The summed E-state index contributed by atoms with van der Waals surface area (Å²) < 4.78 is 16.9. The second-order valence-electron chi connectivity index (χ2n) is 5.84. The average molecular weight is 265 g/mol. The number of fused-ring (bicyclic) bond motifs is 1. The molecule has 19 heavy (non-hydrogen) atoms. The molecule has 0 amide bonds. The number of ether oxygens (including phenoxy) is 2. The van der Waals surface area contributed by atoms with Gasteiger partial charge in [0, 0.05) is 32.2 Å². The standard InChI is InChI=1S/C15H23NO3/c1-17-12-15-6-3-9-19-14(15)5-7-16(11-15)10-13-4-2-8-18-13/h2,4,8,14H,3,5-7,9-12H2,1H3/t14-,15+/m0/s1. The highest BCUT2D eigenvalue weighted by atomic mass is 16.5. The summed E-state index contributed by atoms with van der Waals surface area (Å²) in [6, 6.07) is 4.00. The van der Waals surface area contributed by atoms with E-state index >= 15 is 0 Å². The highest BCUT2D eigenvalue weighted by Gasteiger charge is 2.45. The molecule has 0 radical (unpaired) electrons. The van der Waals surface area contributed by atoms with E-state index in [4.69, 9.17) is 13.9 Å². The third kappa shape index (κ3) is 2.71. The van der Waals surface area contributed by atoms with Crippen LogP contribution in [-0.2, 0) is 16.0 Å². The quantitative estimate of drug-likeness (QED) is 0.836. The third-order valence-corrected chi connectivity index (χ3v) is 4.46. The summed E-state index contributed by atoms with van der Waals surface area (Å²) in [5.74, 6) is 1.04. The number of hydrogen-bond donors (Lipinski definition) is 0. The maximum Gasteiger partial charge on any atom is 0.117 e. The second-order valence-corrected chi connectivity index (χ2v) is 5.84. The minimum absolute atomic E-state index is 0.178. The first-order chi connectivity index (χ1) is 9.32. The number of methoxy groups -OCH3 is 1. The Kier molecular flexibility index (Phi) is 3.91. The summed E-state index contributed by atoms with van der Waals surface area (Å²) in [4.78, 5) is 2.48. The number of piperidine rings is 1. The van der Waals surface area contributed by atoms with Crippen LogP contribution in [0.1, 0.15) is 25.0 Å². The Labute approximate surface area is 114 Å². The van der Waals surface area contributed by atoms with Gasteiger partial charge in [0.25, 0.3) is 0 Å². The normalized spacial score (nSPS) is 32.2. The molecule has 4 heteroatoms. The fourth-order valence-electron chi connectivity index (χ4n) is 3.64. The minimum Gasteiger partial charge on any atom is -0.468 e. The molecular formula is C15H23NO3. The molecule has 2 saturated heterocycles. The van der Waals surface area contributed by atoms with Crippen LogP contribution >= 0.6 is 0 Å². The Morgan fingerprint density at radius 3 is 3.26 bits per heavy atom. The molecule has 0 aromatic carbocycles. The van der Waals surface area contributed by atoms with E-state index in [1.165, 1.54) is 6.42 Å². The molecule has 0 N–H and O–H groups in total. The van der Waals surface area contributed by atoms with Gasteiger partial charge in [0.1, 0.15) is 5.76 Å². The van der Waals surface area contributed by atoms with Crippen LogP contribution in [0.15, 0.2) is 22.8 Å². The van der Waals surface area contributed by atoms with Crippen molar-refractivity contribution < 1.29 is 13.9 Å². The maximum absolute atomic E-state index is 5.99. The maximum atomic E-state index is 5.99. The Hall–Kier alpha value is -0.840. The average Bonchev–Trinajstić information content (AvgIpc) is 2.91. The van der Waals surface area contributed by atoms with Crippen molar-refractivity contribution in [2.45, 2.75) is 31.9 Å². The molecule has 0 bridgehead atoms. The first-order valence-corrected chi connectivity index (χ1v) is 7.18. The van der Waals surface area contributed by atoms with Gasteiger partial charge in [-0.05, 0) is 31.4 Å². The molecule has 2 aliphatic heterocycles. The smallest absolute Gasteiger partial charge is 0.117 e. The van der Waals surface area contributed by atoms with Crippen molar-refractivity contribution in [3.8, 4) is 0 Å². The van der Waals surface area contributed by atoms with E-state index in [0.29, 0.717) is 6.10 Å². The van der Waals surface area contributed by atoms with Gasteiger partial charge in [0.15, 0.2) is 0 Å². The fourth-order valence-corrected chi connectivity index (χ4v) is 3.64. The van der Waals surface area contributed by atoms with Crippen LogP contribution in [-0.4, -0.2) is 44.4 Å². The molecule has 3 heterocycles.